The van der Waals surface area contributed by atoms with E-state index in [-0.39, 0.29) is 36.3 Å². The first-order valence-corrected chi connectivity index (χ1v) is 15.5. The molecule has 3 rings (SSSR count). The highest BCUT2D eigenvalue weighted by atomic mass is 16.5. The van der Waals surface area contributed by atoms with Crippen LogP contribution >= 0.6 is 0 Å². The van der Waals surface area contributed by atoms with Crippen LogP contribution in [0, 0.1) is 17.8 Å². The van der Waals surface area contributed by atoms with E-state index in [1.54, 1.807) is 22.0 Å². The van der Waals surface area contributed by atoms with Crippen LogP contribution in [0.5, 0.6) is 0 Å². The number of carbonyl (C=O) groups is 3. The summed E-state index contributed by atoms with van der Waals surface area (Å²) in [6, 6.07) is -1.50. The van der Waals surface area contributed by atoms with E-state index in [1.807, 2.05) is 39.5 Å². The molecule has 0 aliphatic carbocycles. The van der Waals surface area contributed by atoms with Gasteiger partial charge in [0.25, 0.3) is 0 Å². The molecule has 3 aliphatic heterocycles. The smallest absolute Gasteiger partial charge is 0.248 e. The van der Waals surface area contributed by atoms with Crippen LogP contribution in [0.2, 0.25) is 0 Å². The standard InChI is InChI=1S/C32H53N3O5/c1-9-15-23(8)34(20-12-4)30(39)27-32-17-16-31(14-6,40-32)25(28(37)33(18-10-2)19-11-3)26(32)29(38)35(27)24(21-36)22(7)13-5/h10,12,22-27,36H,2,4,9,11,13-21H2,1,3,5-8H3/t22-,23?,24-,25-,26-,27?,31+,32?/m0/s1. The number of amides is 3. The molecule has 3 heterocycles. The van der Waals surface area contributed by atoms with Crippen molar-refractivity contribution in [2.75, 3.05) is 26.2 Å². The minimum Gasteiger partial charge on any atom is -0.394 e. The monoisotopic (exact) mass is 559 g/mol. The van der Waals surface area contributed by atoms with Gasteiger partial charge in [0, 0.05) is 25.7 Å². The van der Waals surface area contributed by atoms with E-state index in [9.17, 15) is 19.5 Å². The average Bonchev–Trinajstić information content (AvgIpc) is 3.55. The zero-order valence-corrected chi connectivity index (χ0v) is 25.7. The Morgan fingerprint density at radius 3 is 2.30 bits per heavy atom. The maximum absolute atomic E-state index is 14.7. The number of carbonyl (C=O) groups excluding carboxylic acids is 3. The Balaban J connectivity index is 2.21. The molecule has 3 fully saturated rings. The number of aliphatic hydroxyl groups excluding tert-OH is 1. The first-order chi connectivity index (χ1) is 19.1. The Morgan fingerprint density at radius 1 is 1.10 bits per heavy atom. The fourth-order valence-corrected chi connectivity index (χ4v) is 7.75. The van der Waals surface area contributed by atoms with Gasteiger partial charge in [0.05, 0.1) is 30.1 Å². The molecule has 3 amide bonds. The second kappa shape index (κ2) is 13.2. The molecule has 40 heavy (non-hydrogen) atoms. The molecular formula is C32H53N3O5. The summed E-state index contributed by atoms with van der Waals surface area (Å²) < 4.78 is 6.98. The Labute approximate surface area is 241 Å². The minimum absolute atomic E-state index is 0.0377. The highest BCUT2D eigenvalue weighted by molar-refractivity contribution is 5.99. The van der Waals surface area contributed by atoms with Gasteiger partial charge in [0.2, 0.25) is 17.7 Å². The lowest BCUT2D eigenvalue weighted by molar-refractivity contribution is -0.160. The number of likely N-dealkylation sites (tertiary alicyclic amines) is 1. The summed E-state index contributed by atoms with van der Waals surface area (Å²) in [5.41, 5.74) is -1.90. The van der Waals surface area contributed by atoms with Crippen LogP contribution in [-0.4, -0.2) is 93.1 Å². The largest absolute Gasteiger partial charge is 0.394 e. The van der Waals surface area contributed by atoms with Gasteiger partial charge in [-0.05, 0) is 44.9 Å². The van der Waals surface area contributed by atoms with Gasteiger partial charge in [-0.2, -0.15) is 0 Å². The van der Waals surface area contributed by atoms with Crippen LogP contribution in [0.1, 0.15) is 86.5 Å². The average molecular weight is 560 g/mol. The summed E-state index contributed by atoms with van der Waals surface area (Å²) in [7, 11) is 0. The van der Waals surface area contributed by atoms with Crippen molar-refractivity contribution in [3.8, 4) is 0 Å². The predicted molar refractivity (Wildman–Crippen MR) is 157 cm³/mol. The van der Waals surface area contributed by atoms with Crippen molar-refractivity contribution in [1.29, 1.82) is 0 Å². The maximum Gasteiger partial charge on any atom is 0.248 e. The van der Waals surface area contributed by atoms with Crippen molar-refractivity contribution in [2.45, 2.75) is 116 Å². The maximum atomic E-state index is 14.7. The van der Waals surface area contributed by atoms with Gasteiger partial charge in [-0.3, -0.25) is 14.4 Å². The van der Waals surface area contributed by atoms with Gasteiger partial charge < -0.3 is 24.5 Å². The third-order valence-corrected chi connectivity index (χ3v) is 9.97. The van der Waals surface area contributed by atoms with Crippen LogP contribution in [0.15, 0.2) is 25.3 Å². The number of aliphatic hydroxyl groups is 1. The van der Waals surface area contributed by atoms with Crippen molar-refractivity contribution in [2.24, 2.45) is 17.8 Å². The molecule has 0 aromatic heterocycles. The SMILES string of the molecule is C=CCN(CCC)C(=O)[C@@H]1[C@H]2C(=O)N([C@@H](CO)[C@@H](C)CC)C(C(=O)N(CC=C)C(C)CCC)C23CC[C@@]1(CC)O3. The van der Waals surface area contributed by atoms with Crippen molar-refractivity contribution >= 4 is 17.7 Å². The van der Waals surface area contributed by atoms with E-state index in [0.29, 0.717) is 38.9 Å². The van der Waals surface area contributed by atoms with Crippen LogP contribution < -0.4 is 0 Å². The summed E-state index contributed by atoms with van der Waals surface area (Å²) in [5, 5.41) is 10.6. The van der Waals surface area contributed by atoms with E-state index in [2.05, 4.69) is 20.1 Å². The van der Waals surface area contributed by atoms with Crippen LogP contribution in [0.3, 0.4) is 0 Å². The molecule has 8 atom stereocenters. The first-order valence-electron chi connectivity index (χ1n) is 15.5. The first kappa shape index (κ1) is 32.3. The fraction of sp³-hybridized carbons (Fsp3) is 0.781. The number of ether oxygens (including phenoxy) is 1. The molecule has 2 bridgehead atoms. The third-order valence-electron chi connectivity index (χ3n) is 9.97. The second-order valence-electron chi connectivity index (χ2n) is 12.2. The highest BCUT2D eigenvalue weighted by Crippen LogP contribution is 2.65. The highest BCUT2D eigenvalue weighted by Gasteiger charge is 2.79. The zero-order chi connectivity index (χ0) is 29.8. The Bertz CT molecular complexity index is 955. The van der Waals surface area contributed by atoms with Crippen molar-refractivity contribution in [3.63, 3.8) is 0 Å². The summed E-state index contributed by atoms with van der Waals surface area (Å²) in [6.07, 6.45) is 8.44. The summed E-state index contributed by atoms with van der Waals surface area (Å²) in [5.74, 6) is -1.98. The normalized spacial score (nSPS) is 31.0. The fourth-order valence-electron chi connectivity index (χ4n) is 7.75. The third kappa shape index (κ3) is 5.15. The molecule has 8 nitrogen and oxygen atoms in total. The van der Waals surface area contributed by atoms with E-state index in [0.717, 1.165) is 25.7 Å². The van der Waals surface area contributed by atoms with Crippen molar-refractivity contribution < 1.29 is 24.2 Å². The lowest BCUT2D eigenvalue weighted by Gasteiger charge is -2.42. The van der Waals surface area contributed by atoms with Crippen molar-refractivity contribution in [3.05, 3.63) is 25.3 Å². The Hall–Kier alpha value is -2.19. The molecule has 1 N–H and O–H groups in total. The van der Waals surface area contributed by atoms with Gasteiger partial charge in [0.1, 0.15) is 11.6 Å². The molecule has 0 aromatic carbocycles. The molecule has 0 aromatic rings. The number of hydrogen-bond donors (Lipinski definition) is 1. The van der Waals surface area contributed by atoms with Crippen molar-refractivity contribution in [1.82, 2.24) is 14.7 Å². The zero-order valence-electron chi connectivity index (χ0n) is 25.7. The molecule has 3 saturated heterocycles. The molecule has 3 aliphatic rings. The number of fused-ring (bicyclic) bond motifs is 1. The molecular weight excluding hydrogens is 506 g/mol. The van der Waals surface area contributed by atoms with Gasteiger partial charge in [-0.25, -0.2) is 0 Å². The Morgan fingerprint density at radius 2 is 1.77 bits per heavy atom. The van der Waals surface area contributed by atoms with Gasteiger partial charge >= 0.3 is 0 Å². The second-order valence-corrected chi connectivity index (χ2v) is 12.2. The quantitative estimate of drug-likeness (QED) is 0.287. The lowest BCUT2D eigenvalue weighted by Crippen LogP contribution is -2.61. The predicted octanol–water partition coefficient (Wildman–Crippen LogP) is 4.18. The number of nitrogens with zero attached hydrogens (tertiary/aromatic N) is 3. The van der Waals surface area contributed by atoms with Gasteiger partial charge in [-0.1, -0.05) is 59.6 Å². The van der Waals surface area contributed by atoms with E-state index < -0.39 is 35.1 Å². The molecule has 226 valence electrons. The van der Waals surface area contributed by atoms with E-state index in [4.69, 9.17) is 4.74 Å². The molecule has 8 heteroatoms. The van der Waals surface area contributed by atoms with E-state index >= 15 is 0 Å². The van der Waals surface area contributed by atoms with Crippen LogP contribution in [0.4, 0.5) is 0 Å². The van der Waals surface area contributed by atoms with Gasteiger partial charge in [-0.15, -0.1) is 13.2 Å². The number of rotatable bonds is 16. The molecule has 3 unspecified atom stereocenters. The Kier molecular flexibility index (Phi) is 10.7. The molecule has 0 saturated carbocycles. The number of hydrogen-bond acceptors (Lipinski definition) is 5. The lowest BCUT2D eigenvalue weighted by atomic mass is 9.64. The van der Waals surface area contributed by atoms with Gasteiger partial charge in [0.15, 0.2) is 0 Å². The van der Waals surface area contributed by atoms with E-state index in [1.165, 1.54) is 0 Å². The summed E-state index contributed by atoms with van der Waals surface area (Å²) in [4.78, 5) is 48.8. The summed E-state index contributed by atoms with van der Waals surface area (Å²) in [6.45, 7) is 21.0. The van der Waals surface area contributed by atoms with Crippen LogP contribution in [0.25, 0.3) is 0 Å². The topological polar surface area (TPSA) is 90.4 Å². The molecule has 0 radical (unpaired) electrons. The summed E-state index contributed by atoms with van der Waals surface area (Å²) >= 11 is 0. The molecule has 1 spiro atoms. The van der Waals surface area contributed by atoms with Crippen LogP contribution in [-0.2, 0) is 19.1 Å². The minimum atomic E-state index is -1.11.